The first-order chi connectivity index (χ1) is 20.0. The fraction of sp³-hybridized carbons (Fsp3) is 0.121. The molecule has 0 amide bonds. The number of fused-ring (bicyclic) bond motifs is 3. The molecule has 7 nitrogen and oxygen atoms in total. The van der Waals surface area contributed by atoms with Gasteiger partial charge in [-0.15, -0.1) is 16.0 Å². The molecular weight excluding hydrogens is 532 g/mol. The van der Waals surface area contributed by atoms with E-state index in [0.717, 1.165) is 40.1 Å². The highest BCUT2D eigenvalue weighted by molar-refractivity contribution is 7.18. The van der Waals surface area contributed by atoms with Crippen LogP contribution in [0.2, 0.25) is 0 Å². The summed E-state index contributed by atoms with van der Waals surface area (Å²) < 4.78 is 2.43. The molecule has 6 aromatic rings. The highest BCUT2D eigenvalue weighted by Gasteiger charge is 2.39. The summed E-state index contributed by atoms with van der Waals surface area (Å²) in [6.45, 7) is 0.225. The minimum Gasteiger partial charge on any atom is -0.571 e. The third-order valence-corrected chi connectivity index (χ3v) is 8.62. The first-order valence-corrected chi connectivity index (χ1v) is 14.3. The summed E-state index contributed by atoms with van der Waals surface area (Å²) in [7, 11) is 0. The van der Waals surface area contributed by atoms with E-state index < -0.39 is 5.78 Å². The maximum absolute atomic E-state index is 13.1. The quantitative estimate of drug-likeness (QED) is 0.188. The molecule has 0 saturated carbocycles. The predicted octanol–water partition coefficient (Wildman–Crippen LogP) is 5.60. The third-order valence-electron chi connectivity index (χ3n) is 7.52. The van der Waals surface area contributed by atoms with Crippen molar-refractivity contribution < 1.29 is 14.5 Å². The average molecular weight is 557 g/mol. The fourth-order valence-electron chi connectivity index (χ4n) is 5.36. The lowest BCUT2D eigenvalue weighted by Gasteiger charge is -2.12. The summed E-state index contributed by atoms with van der Waals surface area (Å²) in [5.74, 6) is -0.753. The number of nitrogens with zero attached hydrogens (tertiary/aromatic N) is 4. The molecule has 0 unspecified atom stereocenters. The van der Waals surface area contributed by atoms with Crippen molar-refractivity contribution in [3.05, 3.63) is 141 Å². The van der Waals surface area contributed by atoms with Gasteiger partial charge in [-0.3, -0.25) is 9.59 Å². The van der Waals surface area contributed by atoms with Crippen LogP contribution < -0.4 is 4.96 Å². The van der Waals surface area contributed by atoms with E-state index in [2.05, 4.69) is 59.7 Å². The highest BCUT2D eigenvalue weighted by atomic mass is 32.1. The van der Waals surface area contributed by atoms with Crippen LogP contribution in [0.15, 0.2) is 97.1 Å². The summed E-state index contributed by atoms with van der Waals surface area (Å²) in [6, 6.07) is 31.6. The van der Waals surface area contributed by atoms with E-state index in [0.29, 0.717) is 16.9 Å². The molecule has 4 aromatic carbocycles. The van der Waals surface area contributed by atoms with E-state index in [1.54, 1.807) is 35.6 Å². The van der Waals surface area contributed by atoms with Gasteiger partial charge >= 0.3 is 0 Å². The number of ketones is 2. The van der Waals surface area contributed by atoms with Crippen LogP contribution in [-0.4, -0.2) is 26.3 Å². The molecule has 0 aliphatic heterocycles. The van der Waals surface area contributed by atoms with Crippen molar-refractivity contribution in [1.82, 2.24) is 14.8 Å². The number of aryl methyl sites for hydroxylation is 3. The lowest BCUT2D eigenvalue weighted by molar-refractivity contribution is -0.749. The van der Waals surface area contributed by atoms with Gasteiger partial charge in [-0.1, -0.05) is 84.9 Å². The molecule has 0 fully saturated rings. The van der Waals surface area contributed by atoms with E-state index in [4.69, 9.17) is 4.98 Å². The SMILES string of the molecule is O=C1c2ccccc2C(=O)c2c1n[n+]([O-])n2CCc1ccc(-c2ccc3sc(CCc4ccccc4)nc3c2)cc1. The first kappa shape index (κ1) is 25.0. The third kappa shape index (κ3) is 4.62. The van der Waals surface area contributed by atoms with Crippen molar-refractivity contribution in [2.75, 3.05) is 0 Å². The zero-order chi connectivity index (χ0) is 27.9. The monoisotopic (exact) mass is 556 g/mol. The Morgan fingerprint density at radius 1 is 0.732 bits per heavy atom. The molecule has 0 saturated heterocycles. The van der Waals surface area contributed by atoms with Gasteiger partial charge in [0.1, 0.15) is 0 Å². The second-order valence-electron chi connectivity index (χ2n) is 10.1. The Labute approximate surface area is 239 Å². The van der Waals surface area contributed by atoms with Crippen molar-refractivity contribution in [2.24, 2.45) is 0 Å². The normalized spacial score (nSPS) is 12.5. The zero-order valence-electron chi connectivity index (χ0n) is 22.0. The number of rotatable bonds is 7. The van der Waals surface area contributed by atoms with Crippen LogP contribution in [-0.2, 0) is 25.8 Å². The molecule has 41 heavy (non-hydrogen) atoms. The highest BCUT2D eigenvalue weighted by Crippen LogP contribution is 2.29. The molecule has 2 aromatic heterocycles. The van der Waals surface area contributed by atoms with Crippen LogP contribution in [0.1, 0.15) is 48.2 Å². The molecule has 0 bridgehead atoms. The van der Waals surface area contributed by atoms with Crippen molar-refractivity contribution >= 4 is 33.1 Å². The Hall–Kier alpha value is -4.95. The predicted molar refractivity (Wildman–Crippen MR) is 157 cm³/mol. The number of benzene rings is 4. The lowest BCUT2D eigenvalue weighted by atomic mass is 9.90. The van der Waals surface area contributed by atoms with Gasteiger partial charge in [0.2, 0.25) is 17.3 Å². The summed E-state index contributed by atoms with van der Waals surface area (Å²) >= 11 is 1.74. The molecule has 1 aliphatic rings. The number of carbonyl (C=O) groups excluding carboxylic acids is 2. The summed E-state index contributed by atoms with van der Waals surface area (Å²) in [6.07, 6.45) is 2.40. The molecule has 0 spiro atoms. The van der Waals surface area contributed by atoms with Gasteiger partial charge in [0, 0.05) is 27.6 Å². The van der Waals surface area contributed by atoms with Gasteiger partial charge in [-0.25, -0.2) is 4.98 Å². The number of hydrogen-bond donors (Lipinski definition) is 0. The van der Waals surface area contributed by atoms with Gasteiger partial charge in [0.05, 0.1) is 21.8 Å². The average Bonchev–Trinajstić information content (AvgIpc) is 3.58. The molecule has 1 aliphatic carbocycles. The standard InChI is InChI=1S/C33H24N4O3S/c38-32-25-8-4-5-9-26(25)33(39)31-30(32)35-37(40)36(31)19-18-22-10-13-23(14-11-22)24-15-16-28-27(20-24)34-29(41-28)17-12-21-6-2-1-3-7-21/h1-11,13-16,20H,12,17-19H2. The molecule has 0 N–H and O–H groups in total. The van der Waals surface area contributed by atoms with Crippen LogP contribution in [0.4, 0.5) is 0 Å². The summed E-state index contributed by atoms with van der Waals surface area (Å²) in [5.41, 5.74) is 6.05. The van der Waals surface area contributed by atoms with E-state index in [-0.39, 0.29) is 29.3 Å². The van der Waals surface area contributed by atoms with E-state index in [1.807, 2.05) is 18.2 Å². The van der Waals surface area contributed by atoms with Crippen LogP contribution in [0.25, 0.3) is 21.3 Å². The minimum atomic E-state index is -0.400. The van der Waals surface area contributed by atoms with Gasteiger partial charge in [0.15, 0.2) is 5.69 Å². The molecular formula is C33H24N4O3S. The van der Waals surface area contributed by atoms with Crippen LogP contribution >= 0.6 is 11.3 Å². The molecule has 200 valence electrons. The second kappa shape index (κ2) is 10.2. The Morgan fingerprint density at radius 2 is 1.41 bits per heavy atom. The van der Waals surface area contributed by atoms with E-state index in [9.17, 15) is 14.8 Å². The Kier molecular flexibility index (Phi) is 6.24. The number of carbonyl (C=O) groups is 2. The first-order valence-electron chi connectivity index (χ1n) is 13.5. The van der Waals surface area contributed by atoms with E-state index in [1.165, 1.54) is 14.9 Å². The molecule has 7 rings (SSSR count). The maximum Gasteiger partial charge on any atom is 0.220 e. The number of thiazole rings is 1. The maximum atomic E-state index is 13.1. The molecule has 2 heterocycles. The van der Waals surface area contributed by atoms with Gasteiger partial charge in [0.25, 0.3) is 0 Å². The Balaban J connectivity index is 1.06. The van der Waals surface area contributed by atoms with Crippen LogP contribution in [0, 0.1) is 5.21 Å². The number of hydrogen-bond acceptors (Lipinski definition) is 6. The Morgan fingerprint density at radius 3 is 2.20 bits per heavy atom. The number of aromatic nitrogens is 4. The van der Waals surface area contributed by atoms with Gasteiger partial charge in [-0.05, 0) is 47.2 Å². The van der Waals surface area contributed by atoms with Crippen LogP contribution in [0.3, 0.4) is 0 Å². The summed E-state index contributed by atoms with van der Waals surface area (Å²) in [4.78, 5) is 31.2. The van der Waals surface area contributed by atoms with Crippen molar-refractivity contribution in [1.29, 1.82) is 0 Å². The Bertz CT molecular complexity index is 1940. The van der Waals surface area contributed by atoms with Crippen LogP contribution in [0.5, 0.6) is 0 Å². The largest absolute Gasteiger partial charge is 0.571 e. The smallest absolute Gasteiger partial charge is 0.220 e. The zero-order valence-corrected chi connectivity index (χ0v) is 22.8. The molecule has 0 atom stereocenters. The van der Waals surface area contributed by atoms with Gasteiger partial charge < -0.3 is 5.21 Å². The van der Waals surface area contributed by atoms with Crippen molar-refractivity contribution in [3.8, 4) is 11.1 Å². The molecule has 0 radical (unpaired) electrons. The topological polar surface area (TPSA) is 91.8 Å². The minimum absolute atomic E-state index is 0.0556. The molecule has 8 heteroatoms. The van der Waals surface area contributed by atoms with Crippen molar-refractivity contribution in [2.45, 2.75) is 25.8 Å². The fourth-order valence-corrected chi connectivity index (χ4v) is 6.31. The lowest BCUT2D eigenvalue weighted by Crippen LogP contribution is -2.41. The van der Waals surface area contributed by atoms with E-state index >= 15 is 0 Å². The second-order valence-corrected chi connectivity index (χ2v) is 11.2. The van der Waals surface area contributed by atoms with Gasteiger partial charge in [-0.2, -0.15) is 0 Å². The summed E-state index contributed by atoms with van der Waals surface area (Å²) in [5, 5.41) is 17.6. The van der Waals surface area contributed by atoms with Crippen molar-refractivity contribution in [3.63, 3.8) is 0 Å².